The topological polar surface area (TPSA) is 94.1 Å². The molecule has 0 unspecified atom stereocenters. The minimum Gasteiger partial charge on any atom is -0.500 e. The molecular formula is C25H23N5O4. The zero-order chi connectivity index (χ0) is 23.7. The molecule has 3 heterocycles. The Hall–Kier alpha value is -3.92. The van der Waals surface area contributed by atoms with Crippen LogP contribution in [-0.4, -0.2) is 46.0 Å². The van der Waals surface area contributed by atoms with E-state index in [-0.39, 0.29) is 24.8 Å². The average Bonchev–Trinajstić information content (AvgIpc) is 3.70. The molecule has 3 aromatic rings. The van der Waals surface area contributed by atoms with Crippen LogP contribution in [0.25, 0.3) is 15.9 Å². The van der Waals surface area contributed by atoms with Gasteiger partial charge in [0.1, 0.15) is 17.9 Å². The third kappa shape index (κ3) is 4.08. The van der Waals surface area contributed by atoms with Crippen LogP contribution in [0.3, 0.4) is 0 Å². The molecule has 1 aromatic carbocycles. The highest BCUT2D eigenvalue weighted by Crippen LogP contribution is 2.37. The number of rotatable bonds is 4. The number of pyridine rings is 1. The first kappa shape index (κ1) is 21.9. The second kappa shape index (κ2) is 9.14. The normalized spacial score (nSPS) is 15.1. The van der Waals surface area contributed by atoms with E-state index >= 15 is 0 Å². The van der Waals surface area contributed by atoms with Crippen LogP contribution in [0.5, 0.6) is 5.75 Å². The van der Waals surface area contributed by atoms with Gasteiger partial charge in [0, 0.05) is 36.3 Å². The van der Waals surface area contributed by atoms with Gasteiger partial charge in [0.15, 0.2) is 5.82 Å². The van der Waals surface area contributed by atoms with Crippen molar-refractivity contribution in [1.82, 2.24) is 14.5 Å². The lowest BCUT2D eigenvalue weighted by atomic mass is 10.0. The zero-order valence-corrected chi connectivity index (χ0v) is 18.7. The lowest BCUT2D eigenvalue weighted by Crippen LogP contribution is -2.28. The highest BCUT2D eigenvalue weighted by atomic mass is 16.5. The molecule has 34 heavy (non-hydrogen) atoms. The van der Waals surface area contributed by atoms with Gasteiger partial charge >= 0.3 is 11.5 Å². The molecule has 0 atom stereocenters. The monoisotopic (exact) mass is 457 g/mol. The summed E-state index contributed by atoms with van der Waals surface area (Å²) in [5.41, 5.74) is 3.13. The fourth-order valence-corrected chi connectivity index (χ4v) is 3.92. The molecule has 0 bridgehead atoms. The minimum absolute atomic E-state index is 0.0170. The van der Waals surface area contributed by atoms with Crippen molar-refractivity contribution in [2.75, 3.05) is 31.3 Å². The molecule has 1 fully saturated rings. The van der Waals surface area contributed by atoms with Crippen LogP contribution in [0.15, 0.2) is 29.1 Å². The number of aliphatic hydroxyl groups is 1. The SMILES string of the molecule is [C-]#[N+]c1nc2c(N3CCOCc4c(C#CC5CC5)cccc43)nc(=O)n(C)c2cc1OCCO. The number of anilines is 2. The van der Waals surface area contributed by atoms with E-state index in [1.54, 1.807) is 13.1 Å². The van der Waals surface area contributed by atoms with E-state index in [1.807, 2.05) is 23.1 Å². The molecule has 2 aromatic heterocycles. The van der Waals surface area contributed by atoms with E-state index in [0.29, 0.717) is 42.5 Å². The van der Waals surface area contributed by atoms with Crippen LogP contribution in [0.4, 0.5) is 17.3 Å². The highest BCUT2D eigenvalue weighted by Gasteiger charge is 2.27. The van der Waals surface area contributed by atoms with Gasteiger partial charge in [0.25, 0.3) is 0 Å². The number of hydrogen-bond donors (Lipinski definition) is 1. The molecule has 1 N–H and O–H groups in total. The van der Waals surface area contributed by atoms with Crippen LogP contribution in [0, 0.1) is 24.3 Å². The van der Waals surface area contributed by atoms with Crippen molar-refractivity contribution in [3.8, 4) is 17.6 Å². The molecule has 0 spiro atoms. The van der Waals surface area contributed by atoms with E-state index in [4.69, 9.17) is 21.2 Å². The summed E-state index contributed by atoms with van der Waals surface area (Å²) in [5, 5.41) is 9.12. The molecule has 1 aliphatic heterocycles. The molecule has 0 saturated heterocycles. The maximum atomic E-state index is 12.8. The molecule has 5 rings (SSSR count). The summed E-state index contributed by atoms with van der Waals surface area (Å²) in [6, 6.07) is 7.49. The summed E-state index contributed by atoms with van der Waals surface area (Å²) < 4.78 is 12.7. The Morgan fingerprint density at radius 2 is 2.21 bits per heavy atom. The van der Waals surface area contributed by atoms with E-state index < -0.39 is 5.69 Å². The maximum absolute atomic E-state index is 12.8. The van der Waals surface area contributed by atoms with Crippen LogP contribution in [0.2, 0.25) is 0 Å². The average molecular weight is 457 g/mol. The number of nitrogens with zero attached hydrogens (tertiary/aromatic N) is 5. The van der Waals surface area contributed by atoms with Crippen molar-refractivity contribution >= 4 is 28.4 Å². The first-order chi connectivity index (χ1) is 16.6. The van der Waals surface area contributed by atoms with Crippen molar-refractivity contribution < 1.29 is 14.6 Å². The fourth-order valence-electron chi connectivity index (χ4n) is 3.92. The number of fused-ring (bicyclic) bond motifs is 2. The standard InChI is InChI=1S/C25H23N5O4/c1-26-23-21(34-13-11-31)14-20-22(27-23)24(28-25(32)29(20)2)30-10-12-33-15-18-17(4-3-5-19(18)30)9-8-16-6-7-16/h3-5,14,16,31H,6-7,10-13,15H2,2H3. The Balaban J connectivity index is 1.70. The van der Waals surface area contributed by atoms with Crippen molar-refractivity contribution in [3.63, 3.8) is 0 Å². The Labute approximate surface area is 196 Å². The van der Waals surface area contributed by atoms with E-state index in [1.165, 1.54) is 4.57 Å². The highest BCUT2D eigenvalue weighted by molar-refractivity contribution is 5.91. The molecular weight excluding hydrogens is 434 g/mol. The predicted octanol–water partition coefficient (Wildman–Crippen LogP) is 2.68. The van der Waals surface area contributed by atoms with Crippen LogP contribution in [-0.2, 0) is 18.4 Å². The summed E-state index contributed by atoms with van der Waals surface area (Å²) in [7, 11) is 1.60. The van der Waals surface area contributed by atoms with Gasteiger partial charge in [0.05, 0.1) is 19.8 Å². The maximum Gasteiger partial charge on any atom is 0.350 e. The van der Waals surface area contributed by atoms with Crippen molar-refractivity contribution in [2.45, 2.75) is 19.4 Å². The van der Waals surface area contributed by atoms with Gasteiger partial charge in [-0.15, -0.1) is 4.98 Å². The molecule has 0 amide bonds. The van der Waals surface area contributed by atoms with Crippen LogP contribution in [0.1, 0.15) is 24.0 Å². The number of ether oxygens (including phenoxy) is 2. The molecule has 172 valence electrons. The van der Waals surface area contributed by atoms with Gasteiger partial charge < -0.3 is 24.3 Å². The molecule has 1 aliphatic carbocycles. The van der Waals surface area contributed by atoms with Gasteiger partial charge in [-0.2, -0.15) is 4.98 Å². The Kier molecular flexibility index (Phi) is 5.89. The van der Waals surface area contributed by atoms with Crippen molar-refractivity contribution in [3.05, 3.63) is 57.3 Å². The summed E-state index contributed by atoms with van der Waals surface area (Å²) >= 11 is 0. The molecule has 9 nitrogen and oxygen atoms in total. The third-order valence-electron chi connectivity index (χ3n) is 5.86. The van der Waals surface area contributed by atoms with Gasteiger partial charge in [-0.25, -0.2) is 4.79 Å². The van der Waals surface area contributed by atoms with Crippen molar-refractivity contribution in [1.29, 1.82) is 0 Å². The van der Waals surface area contributed by atoms with Crippen LogP contribution < -0.4 is 15.3 Å². The number of benzene rings is 1. The predicted molar refractivity (Wildman–Crippen MR) is 126 cm³/mol. The van der Waals surface area contributed by atoms with Gasteiger partial charge in [-0.1, -0.05) is 24.5 Å². The lowest BCUT2D eigenvalue weighted by molar-refractivity contribution is 0.133. The first-order valence-corrected chi connectivity index (χ1v) is 11.1. The Morgan fingerprint density at radius 3 is 2.97 bits per heavy atom. The number of aromatic nitrogens is 3. The quantitative estimate of drug-likeness (QED) is 0.476. The van der Waals surface area contributed by atoms with Gasteiger partial charge in [-0.05, 0) is 31.0 Å². The molecule has 0 radical (unpaired) electrons. The smallest absolute Gasteiger partial charge is 0.350 e. The first-order valence-electron chi connectivity index (χ1n) is 11.1. The summed E-state index contributed by atoms with van der Waals surface area (Å²) in [6.45, 7) is 8.66. The zero-order valence-electron chi connectivity index (χ0n) is 18.7. The molecule has 9 heteroatoms. The van der Waals surface area contributed by atoms with E-state index in [2.05, 4.69) is 26.7 Å². The molecule has 1 saturated carbocycles. The number of hydrogen-bond acceptors (Lipinski definition) is 7. The summed E-state index contributed by atoms with van der Waals surface area (Å²) in [5.74, 6) is 7.69. The lowest BCUT2D eigenvalue weighted by Gasteiger charge is -2.24. The molecule has 2 aliphatic rings. The Morgan fingerprint density at radius 1 is 1.35 bits per heavy atom. The summed E-state index contributed by atoms with van der Waals surface area (Å²) in [6.07, 6.45) is 2.29. The third-order valence-corrected chi connectivity index (χ3v) is 5.86. The van der Waals surface area contributed by atoms with Crippen molar-refractivity contribution in [2.24, 2.45) is 13.0 Å². The number of aliphatic hydroxyl groups excluding tert-OH is 1. The van der Waals surface area contributed by atoms with E-state index in [0.717, 1.165) is 29.7 Å². The van der Waals surface area contributed by atoms with E-state index in [9.17, 15) is 4.79 Å². The Bertz CT molecular complexity index is 1430. The minimum atomic E-state index is -0.454. The van der Waals surface area contributed by atoms with Crippen LogP contribution >= 0.6 is 0 Å². The fraction of sp³-hybridized carbons (Fsp3) is 0.360. The van der Waals surface area contributed by atoms with Gasteiger partial charge in [0.2, 0.25) is 5.52 Å². The number of aryl methyl sites for hydroxylation is 1. The second-order valence-electron chi connectivity index (χ2n) is 8.19. The second-order valence-corrected chi connectivity index (χ2v) is 8.19. The summed E-state index contributed by atoms with van der Waals surface area (Å²) in [4.78, 5) is 27.1. The largest absolute Gasteiger partial charge is 0.500 e. The van der Waals surface area contributed by atoms with Gasteiger partial charge in [-0.3, -0.25) is 4.57 Å².